The number of ether oxygens (including phenoxy) is 1. The monoisotopic (exact) mass is 261 g/mol. The van der Waals surface area contributed by atoms with Gasteiger partial charge in [-0.2, -0.15) is 0 Å². The van der Waals surface area contributed by atoms with E-state index in [0.29, 0.717) is 36.2 Å². The summed E-state index contributed by atoms with van der Waals surface area (Å²) in [7, 11) is 0. The molecule has 1 amide bonds. The first-order chi connectivity index (χ1) is 7.74. The van der Waals surface area contributed by atoms with Gasteiger partial charge in [0.15, 0.2) is 0 Å². The van der Waals surface area contributed by atoms with Crippen LogP contribution >= 0.6 is 23.2 Å². The molecule has 0 aliphatic rings. The van der Waals surface area contributed by atoms with Crippen LogP contribution in [0.1, 0.15) is 6.42 Å². The number of alkyl halides is 1. The average molecular weight is 262 g/mol. The summed E-state index contributed by atoms with van der Waals surface area (Å²) in [4.78, 5) is 11.0. The van der Waals surface area contributed by atoms with Crippen molar-refractivity contribution in [2.45, 2.75) is 6.42 Å². The highest BCUT2D eigenvalue weighted by molar-refractivity contribution is 6.32. The molecule has 0 bridgehead atoms. The minimum Gasteiger partial charge on any atom is -0.490 e. The lowest BCUT2D eigenvalue weighted by Gasteiger charge is -2.08. The highest BCUT2D eigenvalue weighted by Gasteiger charge is 2.01. The van der Waals surface area contributed by atoms with Crippen molar-refractivity contribution in [2.24, 2.45) is 0 Å². The predicted molar refractivity (Wildman–Crippen MR) is 65.3 cm³/mol. The molecule has 0 saturated carbocycles. The van der Waals surface area contributed by atoms with Crippen molar-refractivity contribution in [3.63, 3.8) is 0 Å². The van der Waals surface area contributed by atoms with Crippen molar-refractivity contribution >= 4 is 29.1 Å². The number of benzene rings is 1. The van der Waals surface area contributed by atoms with E-state index in [1.807, 2.05) is 12.1 Å². The highest BCUT2D eigenvalue weighted by atomic mass is 35.5. The number of hydrogen-bond acceptors (Lipinski definition) is 2. The predicted octanol–water partition coefficient (Wildman–Crippen LogP) is 2.46. The lowest BCUT2D eigenvalue weighted by Crippen LogP contribution is -2.28. The molecule has 0 fully saturated rings. The Balaban J connectivity index is 2.21. The number of carbonyl (C=O) groups is 1. The Labute approximate surface area is 105 Å². The van der Waals surface area contributed by atoms with Gasteiger partial charge in [-0.1, -0.05) is 23.7 Å². The van der Waals surface area contributed by atoms with E-state index in [1.54, 1.807) is 12.1 Å². The summed E-state index contributed by atoms with van der Waals surface area (Å²) >= 11 is 11.3. The summed E-state index contributed by atoms with van der Waals surface area (Å²) < 4.78 is 5.39. The number of hydrogen-bond donors (Lipinski definition) is 1. The van der Waals surface area contributed by atoms with Gasteiger partial charge in [-0.3, -0.25) is 4.79 Å². The van der Waals surface area contributed by atoms with Crippen molar-refractivity contribution in [3.8, 4) is 5.75 Å². The molecule has 0 spiro atoms. The van der Waals surface area contributed by atoms with E-state index >= 15 is 0 Å². The second-order valence-electron chi connectivity index (χ2n) is 3.07. The zero-order chi connectivity index (χ0) is 11.8. The van der Waals surface area contributed by atoms with Crippen LogP contribution in [-0.4, -0.2) is 24.9 Å². The van der Waals surface area contributed by atoms with Gasteiger partial charge in [0.05, 0.1) is 11.6 Å². The number of amides is 1. The van der Waals surface area contributed by atoms with Gasteiger partial charge in [0.1, 0.15) is 12.4 Å². The molecule has 0 atom stereocenters. The number of nitrogens with one attached hydrogen (secondary N) is 1. The first kappa shape index (κ1) is 13.1. The normalized spacial score (nSPS) is 9.88. The first-order valence-electron chi connectivity index (χ1n) is 4.94. The van der Waals surface area contributed by atoms with Gasteiger partial charge >= 0.3 is 0 Å². The molecule has 0 aromatic heterocycles. The summed E-state index contributed by atoms with van der Waals surface area (Å²) in [5, 5.41) is 3.25. The summed E-state index contributed by atoms with van der Waals surface area (Å²) in [5.41, 5.74) is 0. The number of para-hydroxylation sites is 1. The molecule has 1 aromatic rings. The van der Waals surface area contributed by atoms with E-state index in [4.69, 9.17) is 27.9 Å². The Bertz CT molecular complexity index is 345. The average Bonchev–Trinajstić information content (AvgIpc) is 2.27. The fraction of sp³-hybridized carbons (Fsp3) is 0.364. The number of rotatable bonds is 6. The van der Waals surface area contributed by atoms with Crippen LogP contribution in [0.3, 0.4) is 0 Å². The van der Waals surface area contributed by atoms with Crippen LogP contribution < -0.4 is 10.1 Å². The molecule has 0 aliphatic carbocycles. The van der Waals surface area contributed by atoms with Crippen molar-refractivity contribution < 1.29 is 9.53 Å². The third kappa shape index (κ3) is 4.73. The fourth-order valence-corrected chi connectivity index (χ4v) is 1.45. The van der Waals surface area contributed by atoms with Crippen LogP contribution in [0, 0.1) is 0 Å². The van der Waals surface area contributed by atoms with E-state index < -0.39 is 0 Å². The van der Waals surface area contributed by atoms with Gasteiger partial charge in [0.2, 0.25) is 5.91 Å². The molecule has 0 heterocycles. The molecule has 0 radical (unpaired) electrons. The van der Waals surface area contributed by atoms with Crippen LogP contribution in [0.25, 0.3) is 0 Å². The van der Waals surface area contributed by atoms with E-state index in [9.17, 15) is 4.79 Å². The Morgan fingerprint density at radius 3 is 2.81 bits per heavy atom. The first-order valence-corrected chi connectivity index (χ1v) is 5.85. The van der Waals surface area contributed by atoms with Gasteiger partial charge in [0, 0.05) is 12.3 Å². The van der Waals surface area contributed by atoms with Crippen LogP contribution in [0.15, 0.2) is 24.3 Å². The standard InChI is InChI=1S/C11H13Cl2NO2/c12-6-5-11(15)14-7-8-16-10-4-2-1-3-9(10)13/h1-4H,5-8H2,(H,14,15). The second kappa shape index (κ2) is 7.36. The minimum absolute atomic E-state index is 0.0715. The zero-order valence-electron chi connectivity index (χ0n) is 8.71. The molecular formula is C11H13Cl2NO2. The van der Waals surface area contributed by atoms with E-state index in [0.717, 1.165) is 0 Å². The molecule has 0 unspecified atom stereocenters. The van der Waals surface area contributed by atoms with E-state index in [-0.39, 0.29) is 5.91 Å². The van der Waals surface area contributed by atoms with Gasteiger partial charge in [-0.25, -0.2) is 0 Å². The molecule has 1 rings (SSSR count). The third-order valence-corrected chi connectivity index (χ3v) is 2.34. The quantitative estimate of drug-likeness (QED) is 0.631. The summed E-state index contributed by atoms with van der Waals surface area (Å²) in [6, 6.07) is 7.20. The minimum atomic E-state index is -0.0715. The SMILES string of the molecule is O=C(CCCl)NCCOc1ccccc1Cl. The second-order valence-corrected chi connectivity index (χ2v) is 3.85. The number of halogens is 2. The lowest BCUT2D eigenvalue weighted by molar-refractivity contribution is -0.120. The van der Waals surface area contributed by atoms with Gasteiger partial charge in [0.25, 0.3) is 0 Å². The van der Waals surface area contributed by atoms with Crippen molar-refractivity contribution in [1.82, 2.24) is 5.32 Å². The molecule has 88 valence electrons. The lowest BCUT2D eigenvalue weighted by atomic mass is 10.3. The molecule has 0 aliphatic heterocycles. The van der Waals surface area contributed by atoms with Crippen LogP contribution in [0.4, 0.5) is 0 Å². The number of carbonyl (C=O) groups excluding carboxylic acids is 1. The van der Waals surface area contributed by atoms with Gasteiger partial charge in [-0.15, -0.1) is 11.6 Å². The van der Waals surface area contributed by atoms with Crippen molar-refractivity contribution in [3.05, 3.63) is 29.3 Å². The molecule has 16 heavy (non-hydrogen) atoms. The molecule has 0 saturated heterocycles. The fourth-order valence-electron chi connectivity index (χ4n) is 1.09. The summed E-state index contributed by atoms with van der Waals surface area (Å²) in [6.07, 6.45) is 0.327. The zero-order valence-corrected chi connectivity index (χ0v) is 10.2. The van der Waals surface area contributed by atoms with Gasteiger partial charge < -0.3 is 10.1 Å². The molecule has 1 N–H and O–H groups in total. The smallest absolute Gasteiger partial charge is 0.221 e. The Hall–Kier alpha value is -0.930. The molecule has 5 heteroatoms. The summed E-state index contributed by atoms with van der Waals surface area (Å²) in [6.45, 7) is 0.832. The molecular weight excluding hydrogens is 249 g/mol. The van der Waals surface area contributed by atoms with E-state index in [2.05, 4.69) is 5.32 Å². The van der Waals surface area contributed by atoms with Crippen LogP contribution in [0.5, 0.6) is 5.75 Å². The maximum absolute atomic E-state index is 11.0. The van der Waals surface area contributed by atoms with Crippen LogP contribution in [0.2, 0.25) is 5.02 Å². The van der Waals surface area contributed by atoms with Crippen molar-refractivity contribution in [2.75, 3.05) is 19.0 Å². The summed E-state index contributed by atoms with van der Waals surface area (Å²) in [5.74, 6) is 0.880. The topological polar surface area (TPSA) is 38.3 Å². The molecule has 1 aromatic carbocycles. The van der Waals surface area contributed by atoms with Crippen molar-refractivity contribution in [1.29, 1.82) is 0 Å². The maximum atomic E-state index is 11.0. The Morgan fingerprint density at radius 2 is 2.12 bits per heavy atom. The van der Waals surface area contributed by atoms with Gasteiger partial charge in [-0.05, 0) is 12.1 Å². The third-order valence-electron chi connectivity index (χ3n) is 1.84. The largest absolute Gasteiger partial charge is 0.490 e. The Morgan fingerprint density at radius 1 is 1.38 bits per heavy atom. The Kier molecular flexibility index (Phi) is 6.04. The molecule has 3 nitrogen and oxygen atoms in total. The van der Waals surface area contributed by atoms with Crippen LogP contribution in [-0.2, 0) is 4.79 Å². The van der Waals surface area contributed by atoms with E-state index in [1.165, 1.54) is 0 Å². The maximum Gasteiger partial charge on any atom is 0.221 e. The highest BCUT2D eigenvalue weighted by Crippen LogP contribution is 2.22.